The second kappa shape index (κ2) is 8.82. The summed E-state index contributed by atoms with van der Waals surface area (Å²) in [6.07, 6.45) is 8.82. The van der Waals surface area contributed by atoms with E-state index in [4.69, 9.17) is 0 Å². The summed E-state index contributed by atoms with van der Waals surface area (Å²) in [5, 5.41) is 13.6. The highest BCUT2D eigenvalue weighted by molar-refractivity contribution is 7.99. The molecule has 0 aliphatic heterocycles. The summed E-state index contributed by atoms with van der Waals surface area (Å²) in [6.45, 7) is 2.44. The summed E-state index contributed by atoms with van der Waals surface area (Å²) in [7, 11) is 0. The molecule has 3 unspecified atom stereocenters. The van der Waals surface area contributed by atoms with Gasteiger partial charge in [-0.1, -0.05) is 49.6 Å². The number of thioether (sulfide) groups is 1. The summed E-state index contributed by atoms with van der Waals surface area (Å²) < 4.78 is 0. The van der Waals surface area contributed by atoms with E-state index in [-0.39, 0.29) is 11.9 Å². The molecule has 118 valence electrons. The Bertz CT molecular complexity index is 387. The molecule has 1 fully saturated rings. The van der Waals surface area contributed by atoms with Crippen LogP contribution in [0.15, 0.2) is 30.3 Å². The zero-order chi connectivity index (χ0) is 15.1. The standard InChI is InChI=1S/C18H29NOS/c1-14(17(13-20)21-2)19-18(15-9-5-3-6-10-15)16-11-7-4-8-12-16/h3,5-6,9-10,14,16-20H,4,7-8,11-13H2,1-2H3. The van der Waals surface area contributed by atoms with Crippen molar-refractivity contribution in [1.29, 1.82) is 0 Å². The van der Waals surface area contributed by atoms with Gasteiger partial charge < -0.3 is 10.4 Å². The van der Waals surface area contributed by atoms with Crippen LogP contribution < -0.4 is 5.32 Å². The Labute approximate surface area is 133 Å². The molecule has 0 spiro atoms. The van der Waals surface area contributed by atoms with E-state index in [0.717, 1.165) is 5.92 Å². The second-order valence-electron chi connectivity index (χ2n) is 6.20. The van der Waals surface area contributed by atoms with Crippen LogP contribution in [-0.4, -0.2) is 29.3 Å². The van der Waals surface area contributed by atoms with Gasteiger partial charge in [-0.25, -0.2) is 0 Å². The van der Waals surface area contributed by atoms with Crippen LogP contribution in [0.5, 0.6) is 0 Å². The molecule has 2 nitrogen and oxygen atoms in total. The Morgan fingerprint density at radius 1 is 1.19 bits per heavy atom. The Balaban J connectivity index is 2.11. The molecule has 2 N–H and O–H groups in total. The van der Waals surface area contributed by atoms with Crippen LogP contribution in [0.1, 0.15) is 50.6 Å². The van der Waals surface area contributed by atoms with Crippen molar-refractivity contribution in [2.24, 2.45) is 5.92 Å². The van der Waals surface area contributed by atoms with E-state index < -0.39 is 0 Å². The zero-order valence-corrected chi connectivity index (χ0v) is 14.1. The molecule has 0 heterocycles. The van der Waals surface area contributed by atoms with Crippen molar-refractivity contribution in [2.45, 2.75) is 56.4 Å². The molecule has 0 radical (unpaired) electrons. The Morgan fingerprint density at radius 3 is 2.43 bits per heavy atom. The van der Waals surface area contributed by atoms with Crippen LogP contribution in [0.2, 0.25) is 0 Å². The van der Waals surface area contributed by atoms with Gasteiger partial charge in [-0.2, -0.15) is 11.8 Å². The summed E-state index contributed by atoms with van der Waals surface area (Å²) in [6, 6.07) is 11.6. The molecule has 1 aliphatic carbocycles. The lowest BCUT2D eigenvalue weighted by Crippen LogP contribution is -2.42. The number of hydrogen-bond acceptors (Lipinski definition) is 3. The van der Waals surface area contributed by atoms with Crippen molar-refractivity contribution in [2.75, 3.05) is 12.9 Å². The van der Waals surface area contributed by atoms with Crippen molar-refractivity contribution >= 4 is 11.8 Å². The van der Waals surface area contributed by atoms with Crippen LogP contribution in [0, 0.1) is 5.92 Å². The second-order valence-corrected chi connectivity index (χ2v) is 7.28. The first-order chi connectivity index (χ1) is 10.3. The smallest absolute Gasteiger partial charge is 0.0564 e. The summed E-state index contributed by atoms with van der Waals surface area (Å²) in [5.41, 5.74) is 1.40. The summed E-state index contributed by atoms with van der Waals surface area (Å²) in [5.74, 6) is 0.727. The molecule has 0 aromatic heterocycles. The van der Waals surface area contributed by atoms with E-state index in [1.807, 2.05) is 0 Å². The predicted molar refractivity (Wildman–Crippen MR) is 92.7 cm³/mol. The summed E-state index contributed by atoms with van der Waals surface area (Å²) in [4.78, 5) is 0. The SMILES string of the molecule is CSC(CO)C(C)NC(c1ccccc1)C1CCCCC1. The number of benzene rings is 1. The van der Waals surface area contributed by atoms with Gasteiger partial charge in [-0.05, 0) is 37.5 Å². The van der Waals surface area contributed by atoms with E-state index in [2.05, 4.69) is 48.8 Å². The number of rotatable bonds is 7. The Morgan fingerprint density at radius 2 is 1.86 bits per heavy atom. The molecule has 1 aromatic rings. The first kappa shape index (κ1) is 16.9. The van der Waals surface area contributed by atoms with Gasteiger partial charge in [-0.15, -0.1) is 0 Å². The maximum atomic E-state index is 9.53. The van der Waals surface area contributed by atoms with Crippen LogP contribution in [0.4, 0.5) is 0 Å². The van der Waals surface area contributed by atoms with Crippen molar-refractivity contribution < 1.29 is 5.11 Å². The number of hydrogen-bond donors (Lipinski definition) is 2. The molecule has 1 aromatic carbocycles. The van der Waals surface area contributed by atoms with Gasteiger partial charge in [0.2, 0.25) is 0 Å². The molecule has 2 rings (SSSR count). The number of nitrogens with one attached hydrogen (secondary N) is 1. The van der Waals surface area contributed by atoms with Crippen molar-refractivity contribution in [3.63, 3.8) is 0 Å². The lowest BCUT2D eigenvalue weighted by Gasteiger charge is -2.35. The highest BCUT2D eigenvalue weighted by atomic mass is 32.2. The van der Waals surface area contributed by atoms with Crippen LogP contribution in [0.3, 0.4) is 0 Å². The number of aliphatic hydroxyl groups excluding tert-OH is 1. The fourth-order valence-corrected chi connectivity index (χ4v) is 4.10. The molecule has 3 heteroatoms. The minimum atomic E-state index is 0.238. The largest absolute Gasteiger partial charge is 0.395 e. The Hall–Kier alpha value is -0.510. The van der Waals surface area contributed by atoms with Gasteiger partial charge in [0.25, 0.3) is 0 Å². The lowest BCUT2D eigenvalue weighted by atomic mass is 9.81. The molecular formula is C18H29NOS. The molecule has 21 heavy (non-hydrogen) atoms. The minimum absolute atomic E-state index is 0.238. The van der Waals surface area contributed by atoms with Gasteiger partial charge in [0.05, 0.1) is 6.61 Å². The predicted octanol–water partition coefficient (Wildman–Crippen LogP) is 4.01. The quantitative estimate of drug-likeness (QED) is 0.798. The first-order valence-corrected chi connectivity index (χ1v) is 9.49. The van der Waals surface area contributed by atoms with Crippen LogP contribution in [-0.2, 0) is 0 Å². The highest BCUT2D eigenvalue weighted by Crippen LogP contribution is 2.35. The molecule has 0 saturated heterocycles. The topological polar surface area (TPSA) is 32.3 Å². The van der Waals surface area contributed by atoms with Crippen LogP contribution in [0.25, 0.3) is 0 Å². The molecular weight excluding hydrogens is 278 g/mol. The van der Waals surface area contributed by atoms with E-state index in [1.54, 1.807) is 11.8 Å². The average molecular weight is 308 g/mol. The third kappa shape index (κ3) is 4.73. The first-order valence-electron chi connectivity index (χ1n) is 8.21. The molecule has 1 aliphatic rings. The average Bonchev–Trinajstić information content (AvgIpc) is 2.55. The molecule has 1 saturated carbocycles. The third-order valence-electron chi connectivity index (χ3n) is 4.76. The van der Waals surface area contributed by atoms with E-state index in [9.17, 15) is 5.11 Å². The lowest BCUT2D eigenvalue weighted by molar-refractivity contribution is 0.232. The van der Waals surface area contributed by atoms with Gasteiger partial charge in [-0.3, -0.25) is 0 Å². The van der Waals surface area contributed by atoms with E-state index in [1.165, 1.54) is 37.7 Å². The van der Waals surface area contributed by atoms with Gasteiger partial charge >= 0.3 is 0 Å². The van der Waals surface area contributed by atoms with Gasteiger partial charge in [0, 0.05) is 17.3 Å². The van der Waals surface area contributed by atoms with Gasteiger partial charge in [0.1, 0.15) is 0 Å². The van der Waals surface area contributed by atoms with Crippen molar-refractivity contribution in [3.8, 4) is 0 Å². The molecule has 0 amide bonds. The normalized spacial score (nSPS) is 20.9. The van der Waals surface area contributed by atoms with Crippen molar-refractivity contribution in [3.05, 3.63) is 35.9 Å². The fourth-order valence-electron chi connectivity index (χ4n) is 3.46. The minimum Gasteiger partial charge on any atom is -0.395 e. The monoisotopic (exact) mass is 307 g/mol. The maximum absolute atomic E-state index is 9.53. The third-order valence-corrected chi connectivity index (χ3v) is 5.93. The molecule has 0 bridgehead atoms. The van der Waals surface area contributed by atoms with Crippen molar-refractivity contribution in [1.82, 2.24) is 5.32 Å². The zero-order valence-electron chi connectivity index (χ0n) is 13.3. The maximum Gasteiger partial charge on any atom is 0.0564 e. The number of aliphatic hydroxyl groups is 1. The fraction of sp³-hybridized carbons (Fsp3) is 0.667. The Kier molecular flexibility index (Phi) is 7.08. The van der Waals surface area contributed by atoms with Crippen LogP contribution >= 0.6 is 11.8 Å². The highest BCUT2D eigenvalue weighted by Gasteiger charge is 2.28. The summed E-state index contributed by atoms with van der Waals surface area (Å²) >= 11 is 1.75. The van der Waals surface area contributed by atoms with E-state index >= 15 is 0 Å². The van der Waals surface area contributed by atoms with E-state index in [0.29, 0.717) is 12.1 Å². The molecule has 3 atom stereocenters. The van der Waals surface area contributed by atoms with Gasteiger partial charge in [0.15, 0.2) is 0 Å².